The van der Waals surface area contributed by atoms with Gasteiger partial charge in [-0.15, -0.1) is 0 Å². The molecule has 2 aromatic rings. The number of methoxy groups -OCH3 is 2. The lowest BCUT2D eigenvalue weighted by Crippen LogP contribution is -2.44. The molecule has 0 atom stereocenters. The van der Waals surface area contributed by atoms with Gasteiger partial charge >= 0.3 is 0 Å². The van der Waals surface area contributed by atoms with Crippen LogP contribution in [0.15, 0.2) is 24.3 Å². The van der Waals surface area contributed by atoms with Gasteiger partial charge in [-0.1, -0.05) is 24.3 Å². The summed E-state index contributed by atoms with van der Waals surface area (Å²) in [6.45, 7) is 3.89. The van der Waals surface area contributed by atoms with Crippen LogP contribution in [-0.4, -0.2) is 43.6 Å². The number of rotatable bonds is 6. The fourth-order valence-electron chi connectivity index (χ4n) is 3.23. The number of nitrogens with zero attached hydrogens (tertiary/aromatic N) is 2. The van der Waals surface area contributed by atoms with Gasteiger partial charge in [-0.3, -0.25) is 9.59 Å². The van der Waals surface area contributed by atoms with Crippen molar-refractivity contribution in [1.29, 1.82) is 0 Å². The minimum absolute atomic E-state index is 0.115. The number of ketones is 2. The van der Waals surface area contributed by atoms with Crippen molar-refractivity contribution in [2.45, 2.75) is 20.0 Å². The smallest absolute Gasteiger partial charge is 0.254 e. The van der Waals surface area contributed by atoms with Crippen molar-refractivity contribution in [2.75, 3.05) is 27.4 Å². The average Bonchev–Trinajstić information content (AvgIpc) is 2.88. The molecule has 1 heterocycles. The molecule has 0 amide bonds. The third kappa shape index (κ3) is 2.48. The van der Waals surface area contributed by atoms with Crippen molar-refractivity contribution < 1.29 is 23.6 Å². The number of benzene rings is 1. The summed E-state index contributed by atoms with van der Waals surface area (Å²) in [6, 6.07) is 6.98. The van der Waals surface area contributed by atoms with Gasteiger partial charge in [-0.2, -0.15) is 0 Å². The zero-order valence-corrected chi connectivity index (χ0v) is 14.2. The number of imidazole rings is 1. The van der Waals surface area contributed by atoms with Crippen LogP contribution in [0.1, 0.15) is 37.9 Å². The van der Waals surface area contributed by atoms with Gasteiger partial charge in [0, 0.05) is 32.3 Å². The van der Waals surface area contributed by atoms with Crippen LogP contribution in [0.25, 0.3) is 0 Å². The molecule has 24 heavy (non-hydrogen) atoms. The summed E-state index contributed by atoms with van der Waals surface area (Å²) >= 11 is 0. The molecule has 0 bridgehead atoms. The number of ether oxygens (including phenoxy) is 2. The Morgan fingerprint density at radius 3 is 2.25 bits per heavy atom. The lowest BCUT2D eigenvalue weighted by atomic mass is 9.90. The highest BCUT2D eigenvalue weighted by Crippen LogP contribution is 2.26. The van der Waals surface area contributed by atoms with E-state index in [2.05, 4.69) is 0 Å². The second kappa shape index (κ2) is 6.67. The standard InChI is InChI=1S/C18H21N2O4/c1-12-19(8-10-23-2)15-16(20(12)9-11-24-3)18(22)14-7-5-4-6-13(14)17(15)21/h4-7H,8-11H2,1-3H3/q+1. The van der Waals surface area contributed by atoms with Gasteiger partial charge in [0.15, 0.2) is 0 Å². The summed E-state index contributed by atoms with van der Waals surface area (Å²) in [7, 11) is 3.24. The van der Waals surface area contributed by atoms with E-state index < -0.39 is 0 Å². The molecular formula is C18H21N2O4+. The molecular weight excluding hydrogens is 308 g/mol. The predicted octanol–water partition coefficient (Wildman–Crippen LogP) is 1.15. The number of hydrogen-bond donors (Lipinski definition) is 0. The molecule has 1 aliphatic rings. The van der Waals surface area contributed by atoms with E-state index in [0.29, 0.717) is 48.8 Å². The average molecular weight is 329 g/mol. The molecule has 0 saturated heterocycles. The van der Waals surface area contributed by atoms with Gasteiger partial charge in [0.1, 0.15) is 13.1 Å². The molecule has 3 rings (SSSR count). The monoisotopic (exact) mass is 329 g/mol. The predicted molar refractivity (Wildman–Crippen MR) is 86.4 cm³/mol. The number of aromatic nitrogens is 2. The van der Waals surface area contributed by atoms with Crippen molar-refractivity contribution in [2.24, 2.45) is 0 Å². The maximum atomic E-state index is 13.0. The summed E-state index contributed by atoms with van der Waals surface area (Å²) in [5.74, 6) is 0.620. The SMILES string of the molecule is COCCn1c2c([n+](CCOC)c1C)C(=O)c1ccccc1C2=O. The highest BCUT2D eigenvalue weighted by atomic mass is 16.5. The van der Waals surface area contributed by atoms with Crippen molar-refractivity contribution in [3.05, 3.63) is 52.6 Å². The van der Waals surface area contributed by atoms with Gasteiger partial charge in [0.2, 0.25) is 23.0 Å². The van der Waals surface area contributed by atoms with Crippen molar-refractivity contribution >= 4 is 11.6 Å². The van der Waals surface area contributed by atoms with E-state index in [1.807, 2.05) is 16.1 Å². The maximum Gasteiger partial charge on any atom is 0.254 e. The van der Waals surface area contributed by atoms with E-state index in [1.165, 1.54) is 0 Å². The van der Waals surface area contributed by atoms with E-state index in [0.717, 1.165) is 5.82 Å². The first kappa shape index (κ1) is 16.5. The quantitative estimate of drug-likeness (QED) is 0.637. The molecule has 6 heteroatoms. The summed E-state index contributed by atoms with van der Waals surface area (Å²) in [4.78, 5) is 26.0. The first-order chi connectivity index (χ1) is 11.6. The molecule has 1 aromatic carbocycles. The number of carbonyl (C=O) groups excluding carboxylic acids is 2. The fraction of sp³-hybridized carbons (Fsp3) is 0.389. The number of hydrogen-bond acceptors (Lipinski definition) is 4. The lowest BCUT2D eigenvalue weighted by molar-refractivity contribution is -0.705. The van der Waals surface area contributed by atoms with E-state index in [9.17, 15) is 9.59 Å². The molecule has 0 N–H and O–H groups in total. The van der Waals surface area contributed by atoms with Gasteiger partial charge < -0.3 is 9.47 Å². The zero-order chi connectivity index (χ0) is 17.3. The van der Waals surface area contributed by atoms with Crippen LogP contribution >= 0.6 is 0 Å². The van der Waals surface area contributed by atoms with Crippen LogP contribution in [0.4, 0.5) is 0 Å². The third-order valence-corrected chi connectivity index (χ3v) is 4.43. The number of fused-ring (bicyclic) bond motifs is 2. The molecule has 1 aliphatic carbocycles. The molecule has 0 unspecified atom stereocenters. The molecule has 0 saturated carbocycles. The van der Waals surface area contributed by atoms with E-state index in [4.69, 9.17) is 9.47 Å². The summed E-state index contributed by atoms with van der Waals surface area (Å²) in [6.07, 6.45) is 0. The Hall–Kier alpha value is -2.31. The van der Waals surface area contributed by atoms with Gasteiger partial charge in [0.05, 0.1) is 13.2 Å². The largest absolute Gasteiger partial charge is 0.381 e. The summed E-state index contributed by atoms with van der Waals surface area (Å²) in [5.41, 5.74) is 1.82. The summed E-state index contributed by atoms with van der Waals surface area (Å²) < 4.78 is 14.1. The van der Waals surface area contributed by atoms with Crippen LogP contribution in [0.2, 0.25) is 0 Å². The normalized spacial score (nSPS) is 13.1. The van der Waals surface area contributed by atoms with Gasteiger partial charge in [0.25, 0.3) is 5.82 Å². The minimum atomic E-state index is -0.115. The highest BCUT2D eigenvalue weighted by Gasteiger charge is 2.42. The minimum Gasteiger partial charge on any atom is -0.381 e. The topological polar surface area (TPSA) is 61.4 Å². The third-order valence-electron chi connectivity index (χ3n) is 4.43. The molecule has 0 aliphatic heterocycles. The van der Waals surface area contributed by atoms with Gasteiger partial charge in [-0.25, -0.2) is 9.13 Å². The Morgan fingerprint density at radius 1 is 1.00 bits per heavy atom. The Balaban J connectivity index is 2.21. The lowest BCUT2D eigenvalue weighted by Gasteiger charge is -2.12. The molecule has 6 nitrogen and oxygen atoms in total. The van der Waals surface area contributed by atoms with E-state index in [-0.39, 0.29) is 11.6 Å². The Kier molecular flexibility index (Phi) is 4.59. The highest BCUT2D eigenvalue weighted by molar-refractivity contribution is 6.26. The Bertz CT molecular complexity index is 743. The van der Waals surface area contributed by atoms with Crippen molar-refractivity contribution in [1.82, 2.24) is 4.57 Å². The molecule has 126 valence electrons. The summed E-state index contributed by atoms with van der Waals surface area (Å²) in [5, 5.41) is 0. The van der Waals surface area contributed by atoms with Crippen LogP contribution < -0.4 is 4.57 Å². The second-order valence-electron chi connectivity index (χ2n) is 5.74. The Morgan fingerprint density at radius 2 is 1.62 bits per heavy atom. The van der Waals surface area contributed by atoms with Crippen LogP contribution in [-0.2, 0) is 22.6 Å². The number of carbonyl (C=O) groups is 2. The molecule has 1 aromatic heterocycles. The van der Waals surface area contributed by atoms with Crippen LogP contribution in [0.5, 0.6) is 0 Å². The Labute approximate surface area is 140 Å². The van der Waals surface area contributed by atoms with Crippen LogP contribution in [0.3, 0.4) is 0 Å². The molecule has 0 spiro atoms. The molecule has 0 fully saturated rings. The first-order valence-electron chi connectivity index (χ1n) is 7.91. The van der Waals surface area contributed by atoms with E-state index in [1.54, 1.807) is 38.5 Å². The second-order valence-corrected chi connectivity index (χ2v) is 5.74. The molecule has 0 radical (unpaired) electrons. The van der Waals surface area contributed by atoms with Crippen molar-refractivity contribution in [3.8, 4) is 0 Å². The fourth-order valence-corrected chi connectivity index (χ4v) is 3.23. The maximum absolute atomic E-state index is 13.0. The van der Waals surface area contributed by atoms with Crippen LogP contribution in [0, 0.1) is 6.92 Å². The van der Waals surface area contributed by atoms with Gasteiger partial charge in [-0.05, 0) is 0 Å². The first-order valence-corrected chi connectivity index (χ1v) is 7.91. The zero-order valence-electron chi connectivity index (χ0n) is 14.2. The van der Waals surface area contributed by atoms with Crippen molar-refractivity contribution in [3.63, 3.8) is 0 Å². The van der Waals surface area contributed by atoms with E-state index >= 15 is 0 Å².